The fourth-order valence-electron chi connectivity index (χ4n) is 0.558. The van der Waals surface area contributed by atoms with E-state index in [0.29, 0.717) is 0 Å². The lowest BCUT2D eigenvalue weighted by Crippen LogP contribution is -2.27. The normalized spacial score (nSPS) is 15.4. The molecule has 0 fully saturated rings. The van der Waals surface area contributed by atoms with Gasteiger partial charge in [-0.25, -0.2) is 0 Å². The van der Waals surface area contributed by atoms with Crippen LogP contribution in [0.3, 0.4) is 0 Å². The van der Waals surface area contributed by atoms with E-state index in [1.54, 1.807) is 0 Å². The average Bonchev–Trinajstić information content (AvgIpc) is 1.94. The van der Waals surface area contributed by atoms with Gasteiger partial charge in [-0.1, -0.05) is 0 Å². The maximum Gasteiger partial charge on any atom is 0.264 e. The maximum atomic E-state index is 10.6. The molecule has 0 aromatic heterocycles. The Hall–Kier alpha value is -0.220. The molecule has 1 atom stereocenters. The molecule has 1 N–H and O–H groups in total. The molecule has 0 rings (SSSR count). The van der Waals surface area contributed by atoms with E-state index in [1.807, 2.05) is 0 Å². The highest BCUT2D eigenvalue weighted by Crippen LogP contribution is 2.00. The Balaban J connectivity index is 4.19. The molecule has 0 spiro atoms. The molecule has 0 radical (unpaired) electrons. The molecule has 0 saturated heterocycles. The molecule has 7 nitrogen and oxygen atoms in total. The number of aliphatic hydroxyl groups is 1. The highest BCUT2D eigenvalue weighted by atomic mass is 32.2. The van der Waals surface area contributed by atoms with Crippen molar-refractivity contribution in [1.29, 1.82) is 0 Å². The van der Waals surface area contributed by atoms with Gasteiger partial charge in [0.1, 0.15) is 6.10 Å². The van der Waals surface area contributed by atoms with Crippen molar-refractivity contribution >= 4 is 20.2 Å². The molecule has 0 heterocycles. The van der Waals surface area contributed by atoms with Crippen molar-refractivity contribution in [1.82, 2.24) is 0 Å². The predicted octanol–water partition coefficient (Wildman–Crippen LogP) is -1.70. The molecular weight excluding hydrogens is 236 g/mol. The second-order valence-electron chi connectivity index (χ2n) is 2.59. The van der Waals surface area contributed by atoms with E-state index >= 15 is 0 Å². The van der Waals surface area contributed by atoms with Crippen LogP contribution in [-0.2, 0) is 28.6 Å². The van der Waals surface area contributed by atoms with Gasteiger partial charge in [-0.05, 0) is 0 Å². The van der Waals surface area contributed by atoms with Gasteiger partial charge in [-0.15, -0.1) is 0 Å². The highest BCUT2D eigenvalue weighted by molar-refractivity contribution is 7.86. The van der Waals surface area contributed by atoms with Crippen LogP contribution in [0.2, 0.25) is 0 Å². The summed E-state index contributed by atoms with van der Waals surface area (Å²) in [6.45, 7) is -1.19. The maximum absolute atomic E-state index is 10.6. The van der Waals surface area contributed by atoms with Gasteiger partial charge in [0.05, 0.1) is 25.7 Å². The van der Waals surface area contributed by atoms with Crippen molar-refractivity contribution < 1.29 is 30.3 Å². The SMILES string of the molecule is CS(=O)(=O)OCC(CO)OS(C)(=O)=O. The molecule has 0 aliphatic carbocycles. The Bertz CT molecular complexity index is 354. The lowest BCUT2D eigenvalue weighted by Gasteiger charge is -2.12. The summed E-state index contributed by atoms with van der Waals surface area (Å²) in [5, 5.41) is 8.62. The summed E-state index contributed by atoms with van der Waals surface area (Å²) < 4.78 is 50.8. The van der Waals surface area contributed by atoms with Gasteiger partial charge in [-0.3, -0.25) is 8.37 Å². The van der Waals surface area contributed by atoms with E-state index in [0.717, 1.165) is 12.5 Å². The molecule has 86 valence electrons. The first-order valence-electron chi connectivity index (χ1n) is 3.47. The van der Waals surface area contributed by atoms with Crippen LogP contribution in [0.1, 0.15) is 0 Å². The third-order valence-corrected chi connectivity index (χ3v) is 2.17. The number of aliphatic hydroxyl groups excluding tert-OH is 1. The van der Waals surface area contributed by atoms with Crippen LogP contribution in [0.15, 0.2) is 0 Å². The van der Waals surface area contributed by atoms with E-state index in [-0.39, 0.29) is 0 Å². The first kappa shape index (κ1) is 13.8. The zero-order valence-corrected chi connectivity index (χ0v) is 9.34. The van der Waals surface area contributed by atoms with Crippen molar-refractivity contribution in [2.45, 2.75) is 6.10 Å². The fraction of sp³-hybridized carbons (Fsp3) is 1.00. The molecule has 1 unspecified atom stereocenters. The minimum atomic E-state index is -3.74. The summed E-state index contributed by atoms with van der Waals surface area (Å²) in [6.07, 6.45) is 0.387. The van der Waals surface area contributed by atoms with Gasteiger partial charge in [0.15, 0.2) is 0 Å². The van der Waals surface area contributed by atoms with E-state index in [4.69, 9.17) is 5.11 Å². The monoisotopic (exact) mass is 248 g/mol. The largest absolute Gasteiger partial charge is 0.394 e. The molecule has 0 aliphatic heterocycles. The fourth-order valence-corrected chi connectivity index (χ4v) is 1.57. The van der Waals surface area contributed by atoms with Crippen molar-refractivity contribution in [2.24, 2.45) is 0 Å². The molecule has 0 aromatic rings. The van der Waals surface area contributed by atoms with Crippen molar-refractivity contribution in [2.75, 3.05) is 25.7 Å². The van der Waals surface area contributed by atoms with Crippen LogP contribution < -0.4 is 0 Å². The Morgan fingerprint density at radius 1 is 1.14 bits per heavy atom. The lowest BCUT2D eigenvalue weighted by molar-refractivity contribution is 0.0799. The quantitative estimate of drug-likeness (QED) is 0.558. The minimum absolute atomic E-state index is 0.539. The summed E-state index contributed by atoms with van der Waals surface area (Å²) in [6, 6.07) is 0. The molecule has 0 aliphatic rings. The minimum Gasteiger partial charge on any atom is -0.394 e. The van der Waals surface area contributed by atoms with Crippen LogP contribution in [0.4, 0.5) is 0 Å². The van der Waals surface area contributed by atoms with E-state index in [9.17, 15) is 16.8 Å². The molecular formula is C5H12O7S2. The van der Waals surface area contributed by atoms with E-state index < -0.39 is 39.6 Å². The van der Waals surface area contributed by atoms with Crippen molar-refractivity contribution in [3.63, 3.8) is 0 Å². The van der Waals surface area contributed by atoms with Crippen LogP contribution in [-0.4, -0.2) is 53.8 Å². The lowest BCUT2D eigenvalue weighted by atomic mass is 10.4. The first-order valence-corrected chi connectivity index (χ1v) is 7.11. The molecule has 0 bridgehead atoms. The van der Waals surface area contributed by atoms with Gasteiger partial charge in [-0.2, -0.15) is 16.8 Å². The summed E-state index contributed by atoms with van der Waals surface area (Å²) in [5.41, 5.74) is 0. The predicted molar refractivity (Wildman–Crippen MR) is 47.6 cm³/mol. The molecule has 14 heavy (non-hydrogen) atoms. The summed E-state index contributed by atoms with van der Waals surface area (Å²) in [4.78, 5) is 0. The number of hydrogen-bond donors (Lipinski definition) is 1. The zero-order chi connectivity index (χ0) is 11.4. The van der Waals surface area contributed by atoms with E-state index in [2.05, 4.69) is 8.37 Å². The third-order valence-electron chi connectivity index (χ3n) is 0.983. The molecule has 0 aromatic carbocycles. The number of hydrogen-bond acceptors (Lipinski definition) is 7. The Morgan fingerprint density at radius 3 is 1.93 bits per heavy atom. The summed E-state index contributed by atoms with van der Waals surface area (Å²) in [5.74, 6) is 0. The Kier molecular flexibility index (Phi) is 4.95. The summed E-state index contributed by atoms with van der Waals surface area (Å²) in [7, 11) is -7.41. The standard InChI is InChI=1S/C5H12O7S2/c1-13(7,8)11-4-5(3-6)12-14(2,9)10/h5-6H,3-4H2,1-2H3. The Labute approximate surface area is 82.9 Å². The van der Waals surface area contributed by atoms with Crippen LogP contribution in [0, 0.1) is 0 Å². The van der Waals surface area contributed by atoms with Crippen LogP contribution in [0.25, 0.3) is 0 Å². The van der Waals surface area contributed by atoms with Crippen LogP contribution in [0.5, 0.6) is 0 Å². The molecule has 0 saturated carbocycles. The van der Waals surface area contributed by atoms with Crippen molar-refractivity contribution in [3.8, 4) is 0 Å². The van der Waals surface area contributed by atoms with Crippen molar-refractivity contribution in [3.05, 3.63) is 0 Å². The van der Waals surface area contributed by atoms with E-state index in [1.165, 1.54) is 0 Å². The molecule has 9 heteroatoms. The van der Waals surface area contributed by atoms with Gasteiger partial charge in [0.25, 0.3) is 20.2 Å². The smallest absolute Gasteiger partial charge is 0.264 e. The van der Waals surface area contributed by atoms with Gasteiger partial charge < -0.3 is 5.11 Å². The second kappa shape index (κ2) is 5.03. The second-order valence-corrected chi connectivity index (χ2v) is 5.84. The highest BCUT2D eigenvalue weighted by Gasteiger charge is 2.17. The topological polar surface area (TPSA) is 107 Å². The Morgan fingerprint density at radius 2 is 1.64 bits per heavy atom. The summed E-state index contributed by atoms with van der Waals surface area (Å²) >= 11 is 0. The van der Waals surface area contributed by atoms with Gasteiger partial charge in [0.2, 0.25) is 0 Å². The first-order chi connectivity index (χ1) is 6.14. The van der Waals surface area contributed by atoms with Gasteiger partial charge >= 0.3 is 0 Å². The molecule has 0 amide bonds. The third kappa shape index (κ3) is 8.38. The zero-order valence-electron chi connectivity index (χ0n) is 7.70. The number of rotatable bonds is 6. The average molecular weight is 248 g/mol. The van der Waals surface area contributed by atoms with Gasteiger partial charge in [0, 0.05) is 0 Å². The van der Waals surface area contributed by atoms with Crippen LogP contribution >= 0.6 is 0 Å².